The minimum absolute atomic E-state index is 0.122. The number of hydrogen-bond acceptors (Lipinski definition) is 8. The van der Waals surface area contributed by atoms with Gasteiger partial charge < -0.3 is 11.1 Å². The van der Waals surface area contributed by atoms with Gasteiger partial charge in [-0.15, -0.1) is 11.3 Å². The van der Waals surface area contributed by atoms with Crippen molar-refractivity contribution in [2.45, 2.75) is 6.42 Å². The minimum Gasteiger partial charge on any atom is -0.368 e. The summed E-state index contributed by atoms with van der Waals surface area (Å²) < 4.78 is 2.20. The zero-order chi connectivity index (χ0) is 14.7. The van der Waals surface area contributed by atoms with Gasteiger partial charge in [-0.05, 0) is 18.6 Å². The second-order valence-electron chi connectivity index (χ2n) is 4.04. The molecule has 0 fully saturated rings. The second kappa shape index (κ2) is 6.02. The fourth-order valence-corrected chi connectivity index (χ4v) is 2.74. The van der Waals surface area contributed by atoms with Gasteiger partial charge in [-0.25, -0.2) is 4.98 Å². The summed E-state index contributed by atoms with van der Waals surface area (Å²) in [6.45, 7) is 0.664. The van der Waals surface area contributed by atoms with E-state index < -0.39 is 0 Å². The first-order valence-electron chi connectivity index (χ1n) is 6.05. The summed E-state index contributed by atoms with van der Waals surface area (Å²) in [5.41, 5.74) is 5.67. The van der Waals surface area contributed by atoms with Crippen molar-refractivity contribution in [3.8, 4) is 5.95 Å². The van der Waals surface area contributed by atoms with Gasteiger partial charge in [-0.2, -0.15) is 24.7 Å². The third kappa shape index (κ3) is 3.44. The summed E-state index contributed by atoms with van der Waals surface area (Å²) in [4.78, 5) is 17.3. The average molecular weight is 323 g/mol. The molecule has 0 atom stereocenters. The fraction of sp³-hybridized carbons (Fsp3) is 0.182. The molecule has 0 saturated heterocycles. The number of halogens is 1. The van der Waals surface area contributed by atoms with Gasteiger partial charge in [0, 0.05) is 11.4 Å². The molecule has 0 unspecified atom stereocenters. The van der Waals surface area contributed by atoms with Crippen molar-refractivity contribution in [1.29, 1.82) is 0 Å². The van der Waals surface area contributed by atoms with Crippen molar-refractivity contribution in [3.63, 3.8) is 0 Å². The van der Waals surface area contributed by atoms with Gasteiger partial charge in [0.15, 0.2) is 0 Å². The lowest BCUT2D eigenvalue weighted by Crippen LogP contribution is -2.13. The summed E-state index contributed by atoms with van der Waals surface area (Å²) in [6, 6.07) is 3.88. The van der Waals surface area contributed by atoms with Crippen LogP contribution in [0.15, 0.2) is 24.8 Å². The van der Waals surface area contributed by atoms with Crippen LogP contribution in [0.5, 0.6) is 0 Å². The lowest BCUT2D eigenvalue weighted by molar-refractivity contribution is 0.796. The summed E-state index contributed by atoms with van der Waals surface area (Å²) in [7, 11) is 0. The lowest BCUT2D eigenvalue weighted by Gasteiger charge is -2.06. The second-order valence-corrected chi connectivity index (χ2v) is 5.84. The highest BCUT2D eigenvalue weighted by atomic mass is 35.5. The summed E-state index contributed by atoms with van der Waals surface area (Å²) in [5.74, 6) is 0.842. The highest BCUT2D eigenvalue weighted by molar-refractivity contribution is 7.16. The predicted molar refractivity (Wildman–Crippen MR) is 80.7 cm³/mol. The molecule has 3 N–H and O–H groups in total. The molecule has 21 heavy (non-hydrogen) atoms. The van der Waals surface area contributed by atoms with Gasteiger partial charge >= 0.3 is 0 Å². The molecule has 0 saturated carbocycles. The van der Waals surface area contributed by atoms with E-state index in [1.807, 2.05) is 12.1 Å². The van der Waals surface area contributed by atoms with Crippen molar-refractivity contribution < 1.29 is 0 Å². The number of hydrogen-bond donors (Lipinski definition) is 2. The smallest absolute Gasteiger partial charge is 0.258 e. The fourth-order valence-electron chi connectivity index (χ4n) is 1.66. The number of aromatic nitrogens is 6. The summed E-state index contributed by atoms with van der Waals surface area (Å²) >= 11 is 7.44. The van der Waals surface area contributed by atoms with E-state index in [2.05, 4.69) is 30.4 Å². The number of thiophene rings is 1. The van der Waals surface area contributed by atoms with E-state index in [0.29, 0.717) is 18.4 Å². The van der Waals surface area contributed by atoms with Crippen LogP contribution in [0.4, 0.5) is 11.9 Å². The summed E-state index contributed by atoms with van der Waals surface area (Å²) in [6.07, 6.45) is 3.71. The van der Waals surface area contributed by atoms with Crippen molar-refractivity contribution in [2.24, 2.45) is 0 Å². The normalized spacial score (nSPS) is 10.7. The third-order valence-corrected chi connectivity index (χ3v) is 3.84. The molecule has 3 rings (SSSR count). The number of nitrogens with zero attached hydrogens (tertiary/aromatic N) is 6. The largest absolute Gasteiger partial charge is 0.368 e. The molecule has 0 amide bonds. The van der Waals surface area contributed by atoms with E-state index in [-0.39, 0.29) is 5.95 Å². The molecule has 0 aliphatic heterocycles. The van der Waals surface area contributed by atoms with Gasteiger partial charge in [0.1, 0.15) is 12.7 Å². The molecule has 0 aliphatic rings. The standard InChI is InChI=1S/C11H11ClN8S/c12-8-2-1-7(21-8)3-4-15-10-17-9(13)18-11(19-10)20-6-14-5-16-20/h1-2,5-6H,3-4H2,(H3,13,15,17,18,19). The van der Waals surface area contributed by atoms with Crippen LogP contribution in [0, 0.1) is 0 Å². The number of nitrogens with one attached hydrogen (secondary N) is 1. The van der Waals surface area contributed by atoms with Crippen LogP contribution in [0.2, 0.25) is 4.34 Å². The van der Waals surface area contributed by atoms with Gasteiger partial charge in [0.25, 0.3) is 5.95 Å². The quantitative estimate of drug-likeness (QED) is 0.731. The molecule has 108 valence electrons. The maximum atomic E-state index is 5.89. The van der Waals surface area contributed by atoms with E-state index in [4.69, 9.17) is 17.3 Å². The van der Waals surface area contributed by atoms with Gasteiger partial charge in [-0.3, -0.25) is 0 Å². The predicted octanol–water partition coefficient (Wildman–Crippen LogP) is 1.40. The average Bonchev–Trinajstić information content (AvgIpc) is 3.10. The number of rotatable bonds is 5. The van der Waals surface area contributed by atoms with Crippen LogP contribution in [-0.4, -0.2) is 36.3 Å². The zero-order valence-corrected chi connectivity index (χ0v) is 12.3. The van der Waals surface area contributed by atoms with Crippen molar-refractivity contribution in [3.05, 3.63) is 34.0 Å². The van der Waals surface area contributed by atoms with Crippen LogP contribution in [0.1, 0.15) is 4.88 Å². The topological polar surface area (TPSA) is 107 Å². The Morgan fingerprint density at radius 1 is 1.29 bits per heavy atom. The minimum atomic E-state index is 0.122. The maximum Gasteiger partial charge on any atom is 0.258 e. The van der Waals surface area contributed by atoms with Gasteiger partial charge in [-0.1, -0.05) is 11.6 Å². The Morgan fingerprint density at radius 3 is 2.90 bits per heavy atom. The molecular weight excluding hydrogens is 312 g/mol. The van der Waals surface area contributed by atoms with Crippen molar-refractivity contribution >= 4 is 34.8 Å². The Hall–Kier alpha value is -2.26. The van der Waals surface area contributed by atoms with Gasteiger partial charge in [0.05, 0.1) is 4.34 Å². The molecule has 3 heterocycles. The molecule has 3 aromatic heterocycles. The highest BCUT2D eigenvalue weighted by Gasteiger charge is 2.07. The van der Waals surface area contributed by atoms with Crippen LogP contribution >= 0.6 is 22.9 Å². The lowest BCUT2D eigenvalue weighted by atomic mass is 10.3. The summed E-state index contributed by atoms with van der Waals surface area (Å²) in [5, 5.41) is 7.06. The number of nitrogens with two attached hydrogens (primary N) is 1. The van der Waals surface area contributed by atoms with E-state index in [9.17, 15) is 0 Å². The maximum absolute atomic E-state index is 5.89. The zero-order valence-electron chi connectivity index (χ0n) is 10.8. The van der Waals surface area contributed by atoms with Crippen LogP contribution in [0.3, 0.4) is 0 Å². The first kappa shape index (κ1) is 13.7. The Bertz CT molecular complexity index is 726. The van der Waals surface area contributed by atoms with E-state index in [1.54, 1.807) is 11.3 Å². The van der Waals surface area contributed by atoms with Crippen LogP contribution in [0.25, 0.3) is 5.95 Å². The molecule has 0 radical (unpaired) electrons. The number of anilines is 2. The molecule has 0 aliphatic carbocycles. The highest BCUT2D eigenvalue weighted by Crippen LogP contribution is 2.21. The Balaban J connectivity index is 1.68. The molecule has 0 bridgehead atoms. The molecule has 10 heteroatoms. The molecule has 0 aromatic carbocycles. The first-order chi connectivity index (χ1) is 10.2. The Kier molecular flexibility index (Phi) is 3.93. The molecule has 0 spiro atoms. The van der Waals surface area contributed by atoms with E-state index in [0.717, 1.165) is 10.8 Å². The molecule has 3 aromatic rings. The van der Waals surface area contributed by atoms with E-state index in [1.165, 1.54) is 22.2 Å². The van der Waals surface area contributed by atoms with Crippen molar-refractivity contribution in [1.82, 2.24) is 29.7 Å². The van der Waals surface area contributed by atoms with Gasteiger partial charge in [0.2, 0.25) is 11.9 Å². The number of nitrogen functional groups attached to an aromatic ring is 1. The van der Waals surface area contributed by atoms with E-state index >= 15 is 0 Å². The SMILES string of the molecule is Nc1nc(NCCc2ccc(Cl)s2)nc(-n2cncn2)n1. The third-order valence-electron chi connectivity index (χ3n) is 2.55. The Labute approximate surface area is 129 Å². The van der Waals surface area contributed by atoms with Crippen LogP contribution in [-0.2, 0) is 6.42 Å². The first-order valence-corrected chi connectivity index (χ1v) is 7.25. The Morgan fingerprint density at radius 2 is 2.19 bits per heavy atom. The van der Waals surface area contributed by atoms with Crippen molar-refractivity contribution in [2.75, 3.05) is 17.6 Å². The monoisotopic (exact) mass is 322 g/mol. The molecule has 8 nitrogen and oxygen atoms in total. The van der Waals surface area contributed by atoms with Crippen LogP contribution < -0.4 is 11.1 Å². The molecular formula is C11H11ClN8S.